The normalized spacial score (nSPS) is 22.0. The predicted octanol–water partition coefficient (Wildman–Crippen LogP) is 5.19. The van der Waals surface area contributed by atoms with Crippen LogP contribution in [0.1, 0.15) is 60.6 Å². The highest BCUT2D eigenvalue weighted by molar-refractivity contribution is 7.16. The summed E-state index contributed by atoms with van der Waals surface area (Å²) in [6, 6.07) is 10.3. The van der Waals surface area contributed by atoms with Crippen molar-refractivity contribution in [1.82, 2.24) is 9.88 Å². The SMILES string of the molecule is Cc1ccc(C)c(N2C(=O)c3cc4ccsc4n3CC2(C)C(=O)NC2CCCCC2)c1. The van der Waals surface area contributed by atoms with Gasteiger partial charge in [0.15, 0.2) is 0 Å². The number of anilines is 1. The molecular weight excluding hydrogens is 406 g/mol. The quantitative estimate of drug-likeness (QED) is 0.616. The predicted molar refractivity (Wildman–Crippen MR) is 126 cm³/mol. The molecule has 2 amide bonds. The molecule has 1 saturated carbocycles. The molecule has 0 radical (unpaired) electrons. The summed E-state index contributed by atoms with van der Waals surface area (Å²) >= 11 is 1.62. The van der Waals surface area contributed by atoms with Crippen molar-refractivity contribution in [2.75, 3.05) is 4.90 Å². The first kappa shape index (κ1) is 20.3. The Balaban J connectivity index is 1.63. The van der Waals surface area contributed by atoms with E-state index in [1.54, 1.807) is 16.2 Å². The molecule has 5 nitrogen and oxygen atoms in total. The van der Waals surface area contributed by atoms with Crippen LogP contribution in [0, 0.1) is 13.8 Å². The van der Waals surface area contributed by atoms with Crippen LogP contribution in [0.4, 0.5) is 5.69 Å². The molecule has 1 atom stereocenters. The fraction of sp³-hybridized carbons (Fsp3) is 0.440. The van der Waals surface area contributed by atoms with Gasteiger partial charge >= 0.3 is 0 Å². The molecular formula is C25H29N3O2S. The summed E-state index contributed by atoms with van der Waals surface area (Å²) in [6.07, 6.45) is 5.57. The van der Waals surface area contributed by atoms with E-state index in [1.807, 2.05) is 61.1 Å². The molecule has 2 aliphatic rings. The molecule has 2 aromatic heterocycles. The van der Waals surface area contributed by atoms with E-state index in [0.717, 1.165) is 52.7 Å². The van der Waals surface area contributed by atoms with E-state index >= 15 is 0 Å². The highest BCUT2D eigenvalue weighted by Crippen LogP contribution is 2.39. The van der Waals surface area contributed by atoms with Gasteiger partial charge in [0.1, 0.15) is 16.1 Å². The van der Waals surface area contributed by atoms with Crippen LogP contribution in [0.2, 0.25) is 0 Å². The van der Waals surface area contributed by atoms with Gasteiger partial charge in [-0.3, -0.25) is 14.5 Å². The molecule has 31 heavy (non-hydrogen) atoms. The lowest BCUT2D eigenvalue weighted by molar-refractivity contribution is -0.127. The Morgan fingerprint density at radius 1 is 1.13 bits per heavy atom. The molecule has 1 N–H and O–H groups in total. The number of carbonyl (C=O) groups excluding carboxylic acids is 2. The number of nitrogens with zero attached hydrogens (tertiary/aromatic N) is 2. The Hall–Kier alpha value is -2.60. The first-order chi connectivity index (χ1) is 14.9. The molecule has 0 saturated heterocycles. The molecule has 0 bridgehead atoms. The van der Waals surface area contributed by atoms with Gasteiger partial charge in [-0.2, -0.15) is 0 Å². The largest absolute Gasteiger partial charge is 0.351 e. The van der Waals surface area contributed by atoms with Gasteiger partial charge in [0.05, 0.1) is 6.54 Å². The van der Waals surface area contributed by atoms with Crippen molar-refractivity contribution in [1.29, 1.82) is 0 Å². The Kier molecular flexibility index (Phi) is 4.93. The average Bonchev–Trinajstić information content (AvgIpc) is 3.34. The van der Waals surface area contributed by atoms with E-state index < -0.39 is 5.54 Å². The topological polar surface area (TPSA) is 54.3 Å². The standard InChI is InChI=1S/C25H29N3O2S/c1-16-9-10-17(2)20(13-16)28-22(29)21-14-18-11-12-31-23(18)27(21)15-25(28,3)24(30)26-19-7-5-4-6-8-19/h9-14,19H,4-8,15H2,1-3H3,(H,26,30). The summed E-state index contributed by atoms with van der Waals surface area (Å²) in [5, 5.41) is 6.41. The minimum Gasteiger partial charge on any atom is -0.351 e. The fourth-order valence-electron chi connectivity index (χ4n) is 5.12. The van der Waals surface area contributed by atoms with Crippen LogP contribution < -0.4 is 10.2 Å². The molecule has 1 aliphatic heterocycles. The van der Waals surface area contributed by atoms with Crippen LogP contribution in [-0.2, 0) is 11.3 Å². The molecule has 5 rings (SSSR count). The van der Waals surface area contributed by atoms with Gasteiger partial charge in [-0.1, -0.05) is 31.4 Å². The summed E-state index contributed by atoms with van der Waals surface area (Å²) in [4.78, 5) is 30.5. The number of carbonyl (C=O) groups is 2. The van der Waals surface area contributed by atoms with Crippen LogP contribution in [0.15, 0.2) is 35.7 Å². The maximum Gasteiger partial charge on any atom is 0.275 e. The third-order valence-corrected chi connectivity index (χ3v) is 7.87. The molecule has 0 spiro atoms. The number of aryl methyl sites for hydroxylation is 2. The number of fused-ring (bicyclic) bond motifs is 3. The van der Waals surface area contributed by atoms with E-state index in [1.165, 1.54) is 6.42 Å². The second kappa shape index (κ2) is 7.52. The molecule has 3 heterocycles. The zero-order chi connectivity index (χ0) is 21.8. The first-order valence-electron chi connectivity index (χ1n) is 11.2. The number of aromatic nitrogens is 1. The second-order valence-electron chi connectivity index (χ2n) is 9.31. The van der Waals surface area contributed by atoms with Crippen LogP contribution in [-0.4, -0.2) is 28.0 Å². The van der Waals surface area contributed by atoms with Crippen LogP contribution in [0.5, 0.6) is 0 Å². The number of hydrogen-bond donors (Lipinski definition) is 1. The van der Waals surface area contributed by atoms with Crippen molar-refractivity contribution in [2.24, 2.45) is 0 Å². The van der Waals surface area contributed by atoms with Gasteiger partial charge in [-0.15, -0.1) is 11.3 Å². The molecule has 1 unspecified atom stereocenters. The van der Waals surface area contributed by atoms with Gasteiger partial charge in [0.2, 0.25) is 5.91 Å². The fourth-order valence-corrected chi connectivity index (χ4v) is 6.02. The highest BCUT2D eigenvalue weighted by Gasteiger charge is 2.49. The van der Waals surface area contributed by atoms with Crippen LogP contribution in [0.3, 0.4) is 0 Å². The summed E-state index contributed by atoms with van der Waals surface area (Å²) in [5.41, 5.74) is 2.55. The Labute approximate surface area is 187 Å². The zero-order valence-electron chi connectivity index (χ0n) is 18.4. The van der Waals surface area contributed by atoms with Gasteiger partial charge in [0.25, 0.3) is 5.91 Å². The highest BCUT2D eigenvalue weighted by atomic mass is 32.1. The molecule has 1 aromatic carbocycles. The number of amides is 2. The summed E-state index contributed by atoms with van der Waals surface area (Å²) < 4.78 is 2.05. The second-order valence-corrected chi connectivity index (χ2v) is 10.2. The van der Waals surface area contributed by atoms with Crippen molar-refractivity contribution < 1.29 is 9.59 Å². The van der Waals surface area contributed by atoms with Gasteiger partial charge in [-0.05, 0) is 68.3 Å². The third kappa shape index (κ3) is 3.28. The number of hydrogen-bond acceptors (Lipinski definition) is 3. The Bertz CT molecular complexity index is 1170. The molecule has 3 aromatic rings. The Morgan fingerprint density at radius 2 is 1.90 bits per heavy atom. The van der Waals surface area contributed by atoms with Gasteiger partial charge in [-0.25, -0.2) is 0 Å². The van der Waals surface area contributed by atoms with Crippen LogP contribution in [0.25, 0.3) is 10.2 Å². The lowest BCUT2D eigenvalue weighted by atomic mass is 9.90. The van der Waals surface area contributed by atoms with E-state index in [2.05, 4.69) is 5.32 Å². The summed E-state index contributed by atoms with van der Waals surface area (Å²) in [7, 11) is 0. The molecule has 1 fully saturated rings. The van der Waals surface area contributed by atoms with Crippen molar-refractivity contribution in [3.8, 4) is 0 Å². The van der Waals surface area contributed by atoms with E-state index in [9.17, 15) is 9.59 Å². The van der Waals surface area contributed by atoms with Crippen molar-refractivity contribution in [3.63, 3.8) is 0 Å². The minimum atomic E-state index is -1.00. The number of rotatable bonds is 3. The molecule has 1 aliphatic carbocycles. The lowest BCUT2D eigenvalue weighted by Gasteiger charge is -2.45. The Morgan fingerprint density at radius 3 is 2.68 bits per heavy atom. The summed E-state index contributed by atoms with van der Waals surface area (Å²) in [5.74, 6) is -0.164. The smallest absolute Gasteiger partial charge is 0.275 e. The number of thiophene rings is 1. The van der Waals surface area contributed by atoms with Crippen molar-refractivity contribution >= 4 is 39.1 Å². The van der Waals surface area contributed by atoms with Gasteiger partial charge < -0.3 is 9.88 Å². The van der Waals surface area contributed by atoms with Gasteiger partial charge in [0, 0.05) is 17.1 Å². The van der Waals surface area contributed by atoms with Crippen molar-refractivity contribution in [3.05, 3.63) is 52.5 Å². The molecule has 162 valence electrons. The molecule has 6 heteroatoms. The van der Waals surface area contributed by atoms with Crippen LogP contribution >= 0.6 is 11.3 Å². The minimum absolute atomic E-state index is 0.0577. The zero-order valence-corrected chi connectivity index (χ0v) is 19.2. The monoisotopic (exact) mass is 435 g/mol. The summed E-state index contributed by atoms with van der Waals surface area (Å²) in [6.45, 7) is 6.40. The first-order valence-corrected chi connectivity index (χ1v) is 12.1. The average molecular weight is 436 g/mol. The number of benzene rings is 1. The lowest BCUT2D eigenvalue weighted by Crippen LogP contribution is -2.65. The van der Waals surface area contributed by atoms with E-state index in [-0.39, 0.29) is 17.9 Å². The third-order valence-electron chi connectivity index (χ3n) is 6.92. The van der Waals surface area contributed by atoms with E-state index in [4.69, 9.17) is 0 Å². The van der Waals surface area contributed by atoms with Crippen molar-refractivity contribution in [2.45, 2.75) is 71.0 Å². The van der Waals surface area contributed by atoms with E-state index in [0.29, 0.717) is 12.2 Å². The maximum atomic E-state index is 13.9. The maximum absolute atomic E-state index is 13.9. The number of nitrogens with one attached hydrogen (secondary N) is 1.